The van der Waals surface area contributed by atoms with Crippen LogP contribution in [0.3, 0.4) is 0 Å². The number of rotatable bonds is 3. The number of hydrogen-bond donors (Lipinski definition) is 2. The fraction of sp³-hybridized carbons (Fsp3) is 0.190. The number of aromatic nitrogens is 2. The minimum Gasteiger partial charge on any atom is -0.451 e. The number of aromatic amines is 1. The fourth-order valence-corrected chi connectivity index (χ4v) is 3.64. The van der Waals surface area contributed by atoms with Gasteiger partial charge >= 0.3 is 0 Å². The van der Waals surface area contributed by atoms with E-state index in [1.165, 1.54) is 0 Å². The van der Waals surface area contributed by atoms with Crippen molar-refractivity contribution in [1.29, 1.82) is 0 Å². The van der Waals surface area contributed by atoms with Crippen molar-refractivity contribution in [3.63, 3.8) is 0 Å². The third kappa shape index (κ3) is 2.81. The molecule has 7 nitrogen and oxygen atoms in total. The molecule has 1 aliphatic rings. The minimum atomic E-state index is -0.226. The van der Waals surface area contributed by atoms with Crippen LogP contribution in [-0.4, -0.2) is 39.8 Å². The fourth-order valence-electron chi connectivity index (χ4n) is 3.64. The molecule has 28 heavy (non-hydrogen) atoms. The highest BCUT2D eigenvalue weighted by molar-refractivity contribution is 6.12. The summed E-state index contributed by atoms with van der Waals surface area (Å²) in [6, 6.07) is 10.7. The first kappa shape index (κ1) is 16.6. The van der Waals surface area contributed by atoms with Gasteiger partial charge in [-0.2, -0.15) is 0 Å². The number of H-pyrrole nitrogens is 1. The predicted octanol–water partition coefficient (Wildman–Crippen LogP) is 3.80. The number of nitrogens with zero attached hydrogens (tertiary/aromatic N) is 2. The first-order valence-electron chi connectivity index (χ1n) is 9.25. The zero-order valence-corrected chi connectivity index (χ0v) is 15.1. The van der Waals surface area contributed by atoms with Gasteiger partial charge in [0.25, 0.3) is 11.8 Å². The Hall–Kier alpha value is -3.61. The molecule has 1 fully saturated rings. The van der Waals surface area contributed by atoms with Gasteiger partial charge in [-0.3, -0.25) is 9.59 Å². The molecule has 2 N–H and O–H groups in total. The van der Waals surface area contributed by atoms with Crippen molar-refractivity contribution in [2.75, 3.05) is 18.4 Å². The predicted molar refractivity (Wildman–Crippen MR) is 105 cm³/mol. The minimum absolute atomic E-state index is 0.0782. The molecular weight excluding hydrogens is 356 g/mol. The van der Waals surface area contributed by atoms with Crippen LogP contribution in [0.5, 0.6) is 0 Å². The Labute approximate surface area is 160 Å². The van der Waals surface area contributed by atoms with Gasteiger partial charge in [-0.25, -0.2) is 4.98 Å². The zero-order chi connectivity index (χ0) is 19.1. The second-order valence-electron chi connectivity index (χ2n) is 6.92. The lowest BCUT2D eigenvalue weighted by molar-refractivity contribution is 0.0763. The maximum Gasteiger partial charge on any atom is 0.289 e. The van der Waals surface area contributed by atoms with Crippen molar-refractivity contribution in [2.45, 2.75) is 12.8 Å². The maximum absolute atomic E-state index is 12.7. The molecule has 5 rings (SSSR count). The van der Waals surface area contributed by atoms with E-state index < -0.39 is 0 Å². The first-order chi connectivity index (χ1) is 13.7. The standard InChI is InChI=1S/C21H18N4O3/c26-20(16-12-23-19-15(16)4-3-7-22-19)24-14-5-6-17-13(10-14)11-18(28-17)21(27)25-8-1-2-9-25/h3-7,10-12H,1-2,8-9H2,(H,22,23)(H,24,26). The number of anilines is 1. The molecular formula is C21H18N4O3. The van der Waals surface area contributed by atoms with Crippen molar-refractivity contribution >= 4 is 39.5 Å². The molecule has 1 saturated heterocycles. The van der Waals surface area contributed by atoms with Crippen LogP contribution in [0, 0.1) is 0 Å². The summed E-state index contributed by atoms with van der Waals surface area (Å²) >= 11 is 0. The van der Waals surface area contributed by atoms with Crippen LogP contribution < -0.4 is 5.32 Å². The third-order valence-electron chi connectivity index (χ3n) is 5.07. The zero-order valence-electron chi connectivity index (χ0n) is 15.1. The largest absolute Gasteiger partial charge is 0.451 e. The number of amides is 2. The number of carbonyl (C=O) groups is 2. The Morgan fingerprint density at radius 2 is 2.00 bits per heavy atom. The summed E-state index contributed by atoms with van der Waals surface area (Å²) in [5.74, 6) is 0.0316. The number of hydrogen-bond acceptors (Lipinski definition) is 4. The van der Waals surface area contributed by atoms with Crippen molar-refractivity contribution in [2.24, 2.45) is 0 Å². The average molecular weight is 374 g/mol. The van der Waals surface area contributed by atoms with Crippen LogP contribution in [0.4, 0.5) is 5.69 Å². The van der Waals surface area contributed by atoms with Crippen LogP contribution in [0.2, 0.25) is 0 Å². The molecule has 3 aromatic heterocycles. The van der Waals surface area contributed by atoms with Gasteiger partial charge in [0.05, 0.1) is 5.56 Å². The van der Waals surface area contributed by atoms with Crippen LogP contribution >= 0.6 is 0 Å². The van der Waals surface area contributed by atoms with Gasteiger partial charge in [0, 0.05) is 41.9 Å². The van der Waals surface area contributed by atoms with Crippen molar-refractivity contribution in [3.8, 4) is 0 Å². The number of nitrogens with one attached hydrogen (secondary N) is 2. The lowest BCUT2D eigenvalue weighted by Crippen LogP contribution is -2.27. The molecule has 4 heterocycles. The Bertz CT molecular complexity index is 1200. The lowest BCUT2D eigenvalue weighted by atomic mass is 10.2. The molecule has 0 radical (unpaired) electrons. The molecule has 1 aromatic carbocycles. The lowest BCUT2D eigenvalue weighted by Gasteiger charge is -2.12. The first-order valence-corrected chi connectivity index (χ1v) is 9.25. The molecule has 4 aromatic rings. The number of pyridine rings is 1. The smallest absolute Gasteiger partial charge is 0.289 e. The Morgan fingerprint density at radius 1 is 1.14 bits per heavy atom. The maximum atomic E-state index is 12.7. The van der Waals surface area contributed by atoms with Crippen molar-refractivity contribution in [3.05, 3.63) is 60.1 Å². The van der Waals surface area contributed by atoms with Gasteiger partial charge in [-0.05, 0) is 49.2 Å². The molecule has 0 spiro atoms. The molecule has 0 unspecified atom stereocenters. The van der Waals surface area contributed by atoms with Gasteiger partial charge in [0.2, 0.25) is 0 Å². The number of furan rings is 1. The average Bonchev–Trinajstić information content (AvgIpc) is 3.45. The van der Waals surface area contributed by atoms with E-state index in [4.69, 9.17) is 4.42 Å². The van der Waals surface area contributed by atoms with Crippen LogP contribution in [0.25, 0.3) is 22.0 Å². The highest BCUT2D eigenvalue weighted by atomic mass is 16.3. The second kappa shape index (κ2) is 6.53. The summed E-state index contributed by atoms with van der Waals surface area (Å²) in [4.78, 5) is 34.2. The second-order valence-corrected chi connectivity index (χ2v) is 6.92. The van der Waals surface area contributed by atoms with Gasteiger partial charge in [-0.1, -0.05) is 0 Å². The van der Waals surface area contributed by atoms with E-state index in [2.05, 4.69) is 15.3 Å². The quantitative estimate of drug-likeness (QED) is 0.571. The van der Waals surface area contributed by atoms with E-state index in [0.717, 1.165) is 36.7 Å². The molecule has 0 atom stereocenters. The number of likely N-dealkylation sites (tertiary alicyclic amines) is 1. The van der Waals surface area contributed by atoms with E-state index in [1.54, 1.807) is 36.7 Å². The van der Waals surface area contributed by atoms with Crippen LogP contribution in [0.15, 0.2) is 53.2 Å². The monoisotopic (exact) mass is 374 g/mol. The molecule has 0 aliphatic carbocycles. The molecule has 140 valence electrons. The number of carbonyl (C=O) groups excluding carboxylic acids is 2. The third-order valence-corrected chi connectivity index (χ3v) is 5.07. The number of benzene rings is 1. The normalized spacial score (nSPS) is 14.1. The summed E-state index contributed by atoms with van der Waals surface area (Å²) in [7, 11) is 0. The van der Waals surface area contributed by atoms with Crippen molar-refractivity contribution < 1.29 is 14.0 Å². The molecule has 7 heteroatoms. The molecule has 0 saturated carbocycles. The number of fused-ring (bicyclic) bond motifs is 2. The van der Waals surface area contributed by atoms with E-state index in [0.29, 0.717) is 28.2 Å². The van der Waals surface area contributed by atoms with Crippen LogP contribution in [0.1, 0.15) is 33.8 Å². The SMILES string of the molecule is O=C(Nc1ccc2oc(C(=O)N3CCCC3)cc2c1)c1c[nH]c2ncccc12. The summed E-state index contributed by atoms with van der Waals surface area (Å²) in [5, 5.41) is 4.44. The summed E-state index contributed by atoms with van der Waals surface area (Å²) in [5.41, 5.74) is 2.46. The molecule has 0 bridgehead atoms. The summed E-state index contributed by atoms with van der Waals surface area (Å²) in [6.07, 6.45) is 5.39. The van der Waals surface area contributed by atoms with E-state index in [-0.39, 0.29) is 11.8 Å². The van der Waals surface area contributed by atoms with E-state index in [9.17, 15) is 9.59 Å². The van der Waals surface area contributed by atoms with Crippen molar-refractivity contribution in [1.82, 2.24) is 14.9 Å². The summed E-state index contributed by atoms with van der Waals surface area (Å²) < 4.78 is 5.71. The highest BCUT2D eigenvalue weighted by Gasteiger charge is 2.22. The van der Waals surface area contributed by atoms with Gasteiger partial charge < -0.3 is 19.6 Å². The van der Waals surface area contributed by atoms with E-state index >= 15 is 0 Å². The van der Waals surface area contributed by atoms with Gasteiger partial charge in [-0.15, -0.1) is 0 Å². The molecule has 2 amide bonds. The van der Waals surface area contributed by atoms with Gasteiger partial charge in [0.1, 0.15) is 11.2 Å². The summed E-state index contributed by atoms with van der Waals surface area (Å²) in [6.45, 7) is 1.55. The Kier molecular flexibility index (Phi) is 3.86. The van der Waals surface area contributed by atoms with Crippen LogP contribution in [-0.2, 0) is 0 Å². The van der Waals surface area contributed by atoms with E-state index in [1.807, 2.05) is 17.0 Å². The topological polar surface area (TPSA) is 91.2 Å². The highest BCUT2D eigenvalue weighted by Crippen LogP contribution is 2.26. The Morgan fingerprint density at radius 3 is 2.86 bits per heavy atom. The Balaban J connectivity index is 1.40. The van der Waals surface area contributed by atoms with Gasteiger partial charge in [0.15, 0.2) is 5.76 Å². The molecule has 1 aliphatic heterocycles.